The molecule has 0 saturated carbocycles. The molecule has 160 valence electrons. The van der Waals surface area contributed by atoms with Crippen LogP contribution < -0.4 is 14.2 Å². The molecule has 0 spiro atoms. The van der Waals surface area contributed by atoms with E-state index in [-0.39, 0.29) is 11.4 Å². The van der Waals surface area contributed by atoms with E-state index >= 15 is 0 Å². The molecule has 0 aliphatic carbocycles. The minimum absolute atomic E-state index is 0.153. The fraction of sp³-hybridized carbons (Fsp3) is 0.750. The van der Waals surface area contributed by atoms with Gasteiger partial charge in [0.25, 0.3) is 0 Å². The van der Waals surface area contributed by atoms with Gasteiger partial charge in [-0.2, -0.15) is 0 Å². The predicted molar refractivity (Wildman–Crippen MR) is 115 cm³/mol. The van der Waals surface area contributed by atoms with E-state index in [1.807, 2.05) is 6.92 Å². The molecule has 1 aromatic rings. The highest BCUT2D eigenvalue weighted by Gasteiger charge is 2.36. The first kappa shape index (κ1) is 22.7. The van der Waals surface area contributed by atoms with Crippen LogP contribution in [0.5, 0.6) is 23.0 Å². The molecule has 1 aromatic carbocycles. The third kappa shape index (κ3) is 5.27. The Hall–Kier alpha value is -1.58. The average Bonchev–Trinajstić information content (AvgIpc) is 2.63. The molecule has 0 bridgehead atoms. The van der Waals surface area contributed by atoms with Gasteiger partial charge in [-0.05, 0) is 51.4 Å². The first-order valence-electron chi connectivity index (χ1n) is 10.9. The summed E-state index contributed by atoms with van der Waals surface area (Å²) in [6.45, 7) is 11.1. The maximum absolute atomic E-state index is 10.4. The van der Waals surface area contributed by atoms with Crippen LogP contribution in [0.2, 0.25) is 0 Å². The van der Waals surface area contributed by atoms with Gasteiger partial charge in [-0.1, -0.05) is 46.5 Å². The van der Waals surface area contributed by atoms with E-state index in [1.165, 1.54) is 32.1 Å². The van der Waals surface area contributed by atoms with Crippen molar-refractivity contribution in [2.75, 3.05) is 14.2 Å². The second kappa shape index (κ2) is 9.76. The Bertz CT molecular complexity index is 653. The van der Waals surface area contributed by atoms with Crippen molar-refractivity contribution in [1.29, 1.82) is 0 Å². The van der Waals surface area contributed by atoms with E-state index < -0.39 is 0 Å². The molecule has 4 nitrogen and oxygen atoms in total. The van der Waals surface area contributed by atoms with Crippen LogP contribution in [0.25, 0.3) is 0 Å². The van der Waals surface area contributed by atoms with Gasteiger partial charge >= 0.3 is 0 Å². The van der Waals surface area contributed by atoms with Crippen LogP contribution in [0.4, 0.5) is 0 Å². The molecule has 2 atom stereocenters. The van der Waals surface area contributed by atoms with Crippen molar-refractivity contribution >= 4 is 0 Å². The largest absolute Gasteiger partial charge is 0.504 e. The van der Waals surface area contributed by atoms with Gasteiger partial charge in [0.15, 0.2) is 11.5 Å². The highest BCUT2D eigenvalue weighted by atomic mass is 16.5. The van der Waals surface area contributed by atoms with Crippen molar-refractivity contribution in [3.05, 3.63) is 11.1 Å². The second-order valence-corrected chi connectivity index (χ2v) is 9.22. The fourth-order valence-corrected chi connectivity index (χ4v) is 4.32. The number of phenolic OH excluding ortho intramolecular Hbond substituents is 1. The molecule has 2 rings (SSSR count). The van der Waals surface area contributed by atoms with Gasteiger partial charge in [0.1, 0.15) is 5.60 Å². The first-order chi connectivity index (χ1) is 13.2. The number of rotatable bonds is 10. The molecular formula is C24H40O4. The number of fused-ring (bicyclic) bond motifs is 1. The van der Waals surface area contributed by atoms with Crippen LogP contribution in [0, 0.1) is 18.8 Å². The summed E-state index contributed by atoms with van der Waals surface area (Å²) in [6, 6.07) is 0. The van der Waals surface area contributed by atoms with Crippen molar-refractivity contribution in [2.24, 2.45) is 11.8 Å². The topological polar surface area (TPSA) is 47.9 Å². The average molecular weight is 393 g/mol. The molecule has 1 N–H and O–H groups in total. The van der Waals surface area contributed by atoms with E-state index in [1.54, 1.807) is 14.2 Å². The highest BCUT2D eigenvalue weighted by Crippen LogP contribution is 2.52. The molecule has 0 fully saturated rings. The third-order valence-corrected chi connectivity index (χ3v) is 6.25. The van der Waals surface area contributed by atoms with Crippen LogP contribution >= 0.6 is 0 Å². The summed E-state index contributed by atoms with van der Waals surface area (Å²) in [7, 11) is 3.15. The fourth-order valence-electron chi connectivity index (χ4n) is 4.32. The molecule has 1 aliphatic rings. The lowest BCUT2D eigenvalue weighted by molar-refractivity contribution is 0.0482. The van der Waals surface area contributed by atoms with Crippen molar-refractivity contribution in [3.8, 4) is 23.0 Å². The van der Waals surface area contributed by atoms with Crippen molar-refractivity contribution in [2.45, 2.75) is 91.6 Å². The molecule has 1 heterocycles. The molecule has 0 amide bonds. The van der Waals surface area contributed by atoms with Crippen molar-refractivity contribution in [1.82, 2.24) is 0 Å². The normalized spacial score (nSPS) is 19.9. The summed E-state index contributed by atoms with van der Waals surface area (Å²) in [5.41, 5.74) is 1.66. The highest BCUT2D eigenvalue weighted by molar-refractivity contribution is 5.67. The van der Waals surface area contributed by atoms with E-state index in [0.717, 1.165) is 48.0 Å². The van der Waals surface area contributed by atoms with E-state index in [4.69, 9.17) is 14.2 Å². The molecule has 28 heavy (non-hydrogen) atoms. The van der Waals surface area contributed by atoms with E-state index in [0.29, 0.717) is 11.5 Å². The lowest BCUT2D eigenvalue weighted by Gasteiger charge is -2.38. The minimum Gasteiger partial charge on any atom is -0.504 e. The Labute approximate surface area is 171 Å². The summed E-state index contributed by atoms with van der Waals surface area (Å²) < 4.78 is 17.5. The number of hydrogen-bond donors (Lipinski definition) is 1. The molecular weight excluding hydrogens is 352 g/mol. The maximum Gasteiger partial charge on any atom is 0.207 e. The predicted octanol–water partition coefficient (Wildman–Crippen LogP) is 6.43. The van der Waals surface area contributed by atoms with Gasteiger partial charge in [-0.15, -0.1) is 0 Å². The Balaban J connectivity index is 2.02. The Morgan fingerprint density at radius 2 is 1.68 bits per heavy atom. The van der Waals surface area contributed by atoms with Crippen molar-refractivity contribution < 1.29 is 19.3 Å². The molecule has 1 aliphatic heterocycles. The molecule has 2 unspecified atom stereocenters. The molecule has 0 radical (unpaired) electrons. The summed E-state index contributed by atoms with van der Waals surface area (Å²) in [5.74, 6) is 3.34. The monoisotopic (exact) mass is 392 g/mol. The zero-order valence-corrected chi connectivity index (χ0v) is 19.0. The Kier molecular flexibility index (Phi) is 7.91. The number of methoxy groups -OCH3 is 2. The molecule has 4 heteroatoms. The number of aromatic hydroxyl groups is 1. The lowest BCUT2D eigenvalue weighted by Crippen LogP contribution is -2.36. The smallest absolute Gasteiger partial charge is 0.207 e. The zero-order chi connectivity index (χ0) is 20.9. The summed E-state index contributed by atoms with van der Waals surface area (Å²) >= 11 is 0. The van der Waals surface area contributed by atoms with Crippen LogP contribution in [-0.2, 0) is 6.42 Å². The summed E-state index contributed by atoms with van der Waals surface area (Å²) in [5, 5.41) is 10.4. The zero-order valence-electron chi connectivity index (χ0n) is 19.0. The van der Waals surface area contributed by atoms with Crippen LogP contribution in [0.15, 0.2) is 0 Å². The number of phenols is 1. The van der Waals surface area contributed by atoms with Gasteiger partial charge in [0, 0.05) is 11.1 Å². The Morgan fingerprint density at radius 1 is 1.04 bits per heavy atom. The van der Waals surface area contributed by atoms with E-state index in [9.17, 15) is 5.11 Å². The number of benzene rings is 1. The summed E-state index contributed by atoms with van der Waals surface area (Å²) in [4.78, 5) is 0. The summed E-state index contributed by atoms with van der Waals surface area (Å²) in [6.07, 6.45) is 9.28. The number of hydrogen-bond acceptors (Lipinski definition) is 4. The van der Waals surface area contributed by atoms with Crippen LogP contribution in [0.3, 0.4) is 0 Å². The van der Waals surface area contributed by atoms with Gasteiger partial charge in [0.2, 0.25) is 11.5 Å². The van der Waals surface area contributed by atoms with Gasteiger partial charge in [-0.25, -0.2) is 0 Å². The quantitative estimate of drug-likeness (QED) is 0.498. The van der Waals surface area contributed by atoms with Gasteiger partial charge in [-0.3, -0.25) is 0 Å². The van der Waals surface area contributed by atoms with Gasteiger partial charge in [0.05, 0.1) is 14.2 Å². The lowest BCUT2D eigenvalue weighted by atomic mass is 9.85. The van der Waals surface area contributed by atoms with E-state index in [2.05, 4.69) is 27.7 Å². The van der Waals surface area contributed by atoms with Crippen molar-refractivity contribution in [3.63, 3.8) is 0 Å². The Morgan fingerprint density at radius 3 is 2.29 bits per heavy atom. The minimum atomic E-state index is -0.202. The SMILES string of the molecule is COc1c(O)c(C)c2c(c1OC)OC(C)(CCCC(C)CCCC(C)C)CC2. The second-order valence-electron chi connectivity index (χ2n) is 9.22. The molecule has 0 aromatic heterocycles. The maximum atomic E-state index is 10.4. The standard InChI is InChI=1S/C24H40O4/c1-16(2)10-8-11-17(3)12-9-14-24(5)15-13-19-18(4)20(25)22(26-6)23(27-7)21(19)28-24/h16-17,25H,8-15H2,1-7H3. The number of ether oxygens (including phenoxy) is 3. The van der Waals surface area contributed by atoms with Crippen LogP contribution in [0.1, 0.15) is 83.8 Å². The molecule has 0 saturated heterocycles. The van der Waals surface area contributed by atoms with Crippen LogP contribution in [-0.4, -0.2) is 24.9 Å². The third-order valence-electron chi connectivity index (χ3n) is 6.25. The van der Waals surface area contributed by atoms with Gasteiger partial charge < -0.3 is 19.3 Å². The first-order valence-corrected chi connectivity index (χ1v) is 10.9.